The van der Waals surface area contributed by atoms with Crippen molar-refractivity contribution in [2.45, 2.75) is 30.0 Å². The summed E-state index contributed by atoms with van der Waals surface area (Å²) in [5, 5.41) is 27.7. The van der Waals surface area contributed by atoms with Crippen LogP contribution in [0.3, 0.4) is 0 Å². The summed E-state index contributed by atoms with van der Waals surface area (Å²) in [5.74, 6) is -1.97. The third-order valence-corrected chi connectivity index (χ3v) is 7.79. The molecule has 4 heterocycles. The van der Waals surface area contributed by atoms with Gasteiger partial charge in [-0.05, 0) is 22.9 Å². The molecule has 4 N–H and O–H groups in total. The van der Waals surface area contributed by atoms with Crippen molar-refractivity contribution in [3.8, 4) is 0 Å². The van der Waals surface area contributed by atoms with Crippen molar-refractivity contribution in [2.75, 3.05) is 23.8 Å². The van der Waals surface area contributed by atoms with E-state index < -0.39 is 29.2 Å². The quantitative estimate of drug-likeness (QED) is 0.106. The Kier molecular flexibility index (Phi) is 7.85. The molecule has 2 aliphatic rings. The second-order valence-electron chi connectivity index (χ2n) is 7.15. The van der Waals surface area contributed by atoms with E-state index in [-0.39, 0.29) is 34.7 Å². The zero-order chi connectivity index (χ0) is 25.8. The summed E-state index contributed by atoms with van der Waals surface area (Å²) in [4.78, 5) is 48.1. The van der Waals surface area contributed by atoms with Crippen molar-refractivity contribution in [3.63, 3.8) is 0 Å². The van der Waals surface area contributed by atoms with Crippen LogP contribution < -0.4 is 11.1 Å². The van der Waals surface area contributed by atoms with Gasteiger partial charge in [-0.1, -0.05) is 23.0 Å². The molecular weight excluding hydrogens is 532 g/mol. The lowest BCUT2D eigenvalue weighted by Crippen LogP contribution is -2.71. The molecule has 2 aromatic heterocycles. The maximum Gasteiger partial charge on any atom is 0.352 e. The molecule has 4 rings (SSSR count). The highest BCUT2D eigenvalue weighted by Gasteiger charge is 2.54. The van der Waals surface area contributed by atoms with Crippen LogP contribution in [0.5, 0.6) is 0 Å². The number of allylic oxidation sites excluding steroid dienone is 1. The highest BCUT2D eigenvalue weighted by Crippen LogP contribution is 2.41. The number of β-lactam (4-membered cyclic amide) rings is 1. The molecule has 0 saturated carbocycles. The van der Waals surface area contributed by atoms with Gasteiger partial charge in [0.1, 0.15) is 23.7 Å². The molecule has 2 aliphatic heterocycles. The number of anilines is 1. The molecule has 0 radical (unpaired) electrons. The van der Waals surface area contributed by atoms with E-state index in [2.05, 4.69) is 41.9 Å². The topological polar surface area (TPSA) is 204 Å². The number of amides is 2. The lowest BCUT2D eigenvalue weighted by atomic mass is 10.0. The predicted octanol–water partition coefficient (Wildman–Crippen LogP) is -0.436. The minimum Gasteiger partial charge on any atom is -0.477 e. The van der Waals surface area contributed by atoms with Crippen LogP contribution in [-0.4, -0.2) is 92.6 Å². The molecule has 1 fully saturated rings. The van der Waals surface area contributed by atoms with Crippen LogP contribution >= 0.6 is 35.1 Å². The molecular formula is C18H20N10O5S3. The SMILES string of the molecule is C=CCn1nnnc1SCC1=C(C(=O)O)N2C(=O)C(NC(=O)/C(=N\OCC)c3nsc(N)n3)[C@H]2SC1. The van der Waals surface area contributed by atoms with Gasteiger partial charge in [0.05, 0.1) is 6.54 Å². The third-order valence-electron chi connectivity index (χ3n) is 4.87. The Balaban J connectivity index is 1.49. The maximum absolute atomic E-state index is 13.0. The molecule has 1 saturated heterocycles. The number of nitrogen functional groups attached to an aromatic ring is 1. The minimum atomic E-state index is -1.24. The molecule has 15 nitrogen and oxygen atoms in total. The van der Waals surface area contributed by atoms with Gasteiger partial charge in [0.15, 0.2) is 5.13 Å². The molecule has 18 heteroatoms. The maximum atomic E-state index is 13.0. The van der Waals surface area contributed by atoms with Crippen molar-refractivity contribution in [2.24, 2.45) is 5.16 Å². The number of thioether (sulfide) groups is 2. The number of hydrogen-bond donors (Lipinski definition) is 3. The van der Waals surface area contributed by atoms with Crippen molar-refractivity contribution >= 4 is 63.7 Å². The van der Waals surface area contributed by atoms with Crippen molar-refractivity contribution in [3.05, 3.63) is 29.7 Å². The van der Waals surface area contributed by atoms with Gasteiger partial charge in [-0.25, -0.2) is 9.48 Å². The Hall–Kier alpha value is -3.51. The van der Waals surface area contributed by atoms with Gasteiger partial charge in [0.2, 0.25) is 16.7 Å². The smallest absolute Gasteiger partial charge is 0.352 e. The summed E-state index contributed by atoms with van der Waals surface area (Å²) in [7, 11) is 0. The van der Waals surface area contributed by atoms with Gasteiger partial charge in [-0.3, -0.25) is 14.5 Å². The van der Waals surface area contributed by atoms with E-state index in [1.165, 1.54) is 33.1 Å². The number of oxime groups is 1. The fourth-order valence-corrected chi connectivity index (χ4v) is 6.14. The average Bonchev–Trinajstić information content (AvgIpc) is 3.49. The van der Waals surface area contributed by atoms with Crippen molar-refractivity contribution < 1.29 is 24.3 Å². The lowest BCUT2D eigenvalue weighted by Gasteiger charge is -2.49. The van der Waals surface area contributed by atoms with Crippen LogP contribution in [0.4, 0.5) is 5.13 Å². The van der Waals surface area contributed by atoms with E-state index in [9.17, 15) is 19.5 Å². The fraction of sp³-hybridized carbons (Fsp3) is 0.389. The van der Waals surface area contributed by atoms with Crippen LogP contribution in [0.2, 0.25) is 0 Å². The van der Waals surface area contributed by atoms with Gasteiger partial charge in [0, 0.05) is 23.0 Å². The number of tetrazole rings is 1. The molecule has 0 aliphatic carbocycles. The molecule has 190 valence electrons. The number of hydrogen-bond acceptors (Lipinski definition) is 14. The van der Waals surface area contributed by atoms with Crippen LogP contribution in [0.1, 0.15) is 12.7 Å². The molecule has 2 aromatic rings. The number of aromatic nitrogens is 6. The molecule has 0 spiro atoms. The van der Waals surface area contributed by atoms with Crippen molar-refractivity contribution in [1.29, 1.82) is 0 Å². The van der Waals surface area contributed by atoms with Gasteiger partial charge in [-0.2, -0.15) is 9.36 Å². The summed E-state index contributed by atoms with van der Waals surface area (Å²) in [6.07, 6.45) is 1.64. The first-order valence-corrected chi connectivity index (χ1v) is 13.2. The Morgan fingerprint density at radius 1 is 1.47 bits per heavy atom. The Morgan fingerprint density at radius 2 is 2.28 bits per heavy atom. The molecule has 0 aromatic carbocycles. The zero-order valence-electron chi connectivity index (χ0n) is 18.7. The Morgan fingerprint density at radius 3 is 2.94 bits per heavy atom. The predicted molar refractivity (Wildman–Crippen MR) is 131 cm³/mol. The van der Waals surface area contributed by atoms with Crippen LogP contribution in [-0.2, 0) is 25.8 Å². The van der Waals surface area contributed by atoms with E-state index in [4.69, 9.17) is 10.6 Å². The second-order valence-corrected chi connectivity index (χ2v) is 9.98. The molecule has 1 unspecified atom stereocenters. The van der Waals surface area contributed by atoms with E-state index >= 15 is 0 Å². The minimum absolute atomic E-state index is 0.0346. The summed E-state index contributed by atoms with van der Waals surface area (Å²) < 4.78 is 5.50. The first-order valence-electron chi connectivity index (χ1n) is 10.4. The number of rotatable bonds is 11. The van der Waals surface area contributed by atoms with Crippen molar-refractivity contribution in [1.82, 2.24) is 39.8 Å². The summed E-state index contributed by atoms with van der Waals surface area (Å²) >= 11 is 3.48. The number of carboxylic acids is 1. The number of nitrogens with one attached hydrogen (secondary N) is 1. The van der Waals surface area contributed by atoms with Crippen LogP contribution in [0, 0.1) is 0 Å². The number of nitrogens with zero attached hydrogens (tertiary/aromatic N) is 8. The largest absolute Gasteiger partial charge is 0.477 e. The first kappa shape index (κ1) is 25.6. The van der Waals surface area contributed by atoms with Crippen LogP contribution in [0.15, 0.2) is 34.2 Å². The molecule has 36 heavy (non-hydrogen) atoms. The fourth-order valence-electron chi connectivity index (χ4n) is 3.34. The van der Waals surface area contributed by atoms with Gasteiger partial charge in [-0.15, -0.1) is 23.4 Å². The number of fused-ring (bicyclic) bond motifs is 1. The van der Waals surface area contributed by atoms with Gasteiger partial charge >= 0.3 is 5.97 Å². The highest BCUT2D eigenvalue weighted by atomic mass is 32.2. The van der Waals surface area contributed by atoms with E-state index in [1.54, 1.807) is 13.0 Å². The summed E-state index contributed by atoms with van der Waals surface area (Å²) in [5.41, 5.74) is 5.80. The van der Waals surface area contributed by atoms with Gasteiger partial charge in [0.25, 0.3) is 11.8 Å². The Labute approximate surface area is 216 Å². The normalized spacial score (nSPS) is 19.5. The number of carbonyl (C=O) groups is 3. The second kappa shape index (κ2) is 11.0. The monoisotopic (exact) mass is 552 g/mol. The number of aliphatic carboxylic acids is 1. The average molecular weight is 553 g/mol. The summed E-state index contributed by atoms with van der Waals surface area (Å²) in [6, 6.07) is -0.964. The highest BCUT2D eigenvalue weighted by molar-refractivity contribution is 8.01. The molecule has 2 amide bonds. The standard InChI is InChI=1S/C18H20N10O5S3/c1-3-5-27-18(22-25-26-27)35-7-8-6-34-15-10(14(30)28(15)11(8)16(31)32)20-13(29)9(23-33-4-2)12-21-17(19)36-24-12/h3,10,15H,1,4-7H2,2H3,(H,20,29)(H,31,32)(H2,19,21,24)/b23-9-/t10?,15-/m1/s1. The lowest BCUT2D eigenvalue weighted by molar-refractivity contribution is -0.150. The van der Waals surface area contributed by atoms with E-state index in [0.29, 0.717) is 23.0 Å². The van der Waals surface area contributed by atoms with Crippen LogP contribution in [0.25, 0.3) is 0 Å². The molecule has 2 atom stereocenters. The van der Waals surface area contributed by atoms with E-state index in [0.717, 1.165) is 11.5 Å². The summed E-state index contributed by atoms with van der Waals surface area (Å²) in [6.45, 7) is 5.93. The Bertz CT molecular complexity index is 1260. The first-order chi connectivity index (χ1) is 17.3. The van der Waals surface area contributed by atoms with E-state index in [1.807, 2.05) is 0 Å². The third kappa shape index (κ3) is 5.05. The van der Waals surface area contributed by atoms with Gasteiger partial charge < -0.3 is 21.0 Å². The number of carboxylic acid groups (broad SMARTS) is 1. The number of nitrogens with two attached hydrogens (primary N) is 1. The zero-order valence-corrected chi connectivity index (χ0v) is 21.2. The molecule has 0 bridgehead atoms. The number of carbonyl (C=O) groups excluding carboxylic acids is 2.